The van der Waals surface area contributed by atoms with Gasteiger partial charge in [0, 0.05) is 11.4 Å². The largest absolute Gasteiger partial charge is 0.481 e. The summed E-state index contributed by atoms with van der Waals surface area (Å²) in [7, 11) is -4.05. The molecule has 0 aliphatic carbocycles. The molecule has 0 spiro atoms. The van der Waals surface area contributed by atoms with Gasteiger partial charge in [-0.3, -0.25) is 9.59 Å². The molecule has 1 rings (SSSR count). The molecule has 0 aliphatic heterocycles. The number of sulfonamides is 1. The number of nitrogens with one attached hydrogen (secondary N) is 1. The quantitative estimate of drug-likeness (QED) is 0.687. The Morgan fingerprint density at radius 1 is 1.20 bits per heavy atom. The molecule has 20 heavy (non-hydrogen) atoms. The minimum atomic E-state index is -4.05. The summed E-state index contributed by atoms with van der Waals surface area (Å²) in [5.74, 6) is -2.65. The molecule has 0 aliphatic rings. The van der Waals surface area contributed by atoms with E-state index in [-0.39, 0.29) is 11.3 Å². The number of halogens is 1. The zero-order valence-electron chi connectivity index (χ0n) is 10.1. The lowest BCUT2D eigenvalue weighted by molar-refractivity contribution is -0.140. The molecule has 0 aromatic heterocycles. The highest BCUT2D eigenvalue weighted by Crippen LogP contribution is 2.15. The predicted molar refractivity (Wildman–Crippen MR) is 70.1 cm³/mol. The molecule has 0 saturated carbocycles. The molecule has 7 nitrogen and oxygen atoms in total. The van der Waals surface area contributed by atoms with Crippen molar-refractivity contribution in [3.05, 3.63) is 29.3 Å². The molecular weight excluding hydrogens is 310 g/mol. The van der Waals surface area contributed by atoms with Gasteiger partial charge in [-0.25, -0.2) is 8.42 Å². The van der Waals surface area contributed by atoms with E-state index in [1.54, 1.807) is 0 Å². The van der Waals surface area contributed by atoms with Crippen LogP contribution < -0.4 is 4.72 Å². The lowest BCUT2D eigenvalue weighted by Gasteiger charge is -2.13. The minimum Gasteiger partial charge on any atom is -0.481 e. The van der Waals surface area contributed by atoms with Crippen LogP contribution in [0.15, 0.2) is 29.2 Å². The van der Waals surface area contributed by atoms with Crippen LogP contribution in [-0.4, -0.2) is 36.6 Å². The third-order valence-corrected chi connectivity index (χ3v) is 4.11. The molecule has 0 unspecified atom stereocenters. The molecule has 1 atom stereocenters. The minimum absolute atomic E-state index is 0.150. The van der Waals surface area contributed by atoms with E-state index >= 15 is 0 Å². The van der Waals surface area contributed by atoms with Crippen molar-refractivity contribution in [2.75, 3.05) is 0 Å². The number of rotatable bonds is 7. The predicted octanol–water partition coefficient (Wildman–Crippen LogP) is 0.936. The second kappa shape index (κ2) is 6.69. The first-order chi connectivity index (χ1) is 9.22. The summed E-state index contributed by atoms with van der Waals surface area (Å²) < 4.78 is 25.8. The molecule has 3 N–H and O–H groups in total. The number of carboxylic acids is 2. The number of hydrogen-bond donors (Lipinski definition) is 3. The summed E-state index contributed by atoms with van der Waals surface area (Å²) in [4.78, 5) is 21.2. The standard InChI is InChI=1S/C11H12ClNO6S/c12-7-1-3-8(4-2-7)20(18,19)13-9(11(16)17)5-6-10(14)15/h1-4,9,13H,5-6H2,(H,14,15)(H,16,17)/t9-/m1/s1. The summed E-state index contributed by atoms with van der Waals surface area (Å²) in [5, 5.41) is 17.7. The van der Waals surface area contributed by atoms with E-state index in [0.717, 1.165) is 0 Å². The monoisotopic (exact) mass is 321 g/mol. The van der Waals surface area contributed by atoms with Crippen molar-refractivity contribution in [1.29, 1.82) is 0 Å². The summed E-state index contributed by atoms with van der Waals surface area (Å²) >= 11 is 5.63. The van der Waals surface area contributed by atoms with E-state index < -0.39 is 34.4 Å². The third-order valence-electron chi connectivity index (χ3n) is 2.37. The van der Waals surface area contributed by atoms with Crippen LogP contribution >= 0.6 is 11.6 Å². The molecule has 9 heteroatoms. The molecular formula is C11H12ClNO6S. The van der Waals surface area contributed by atoms with Gasteiger partial charge in [-0.05, 0) is 30.7 Å². The Morgan fingerprint density at radius 2 is 1.75 bits per heavy atom. The van der Waals surface area contributed by atoms with E-state index in [2.05, 4.69) is 0 Å². The Bertz CT molecular complexity index is 598. The Balaban J connectivity index is 2.88. The second-order valence-corrected chi connectivity index (χ2v) is 6.05. The van der Waals surface area contributed by atoms with Crippen LogP contribution in [0.4, 0.5) is 0 Å². The van der Waals surface area contributed by atoms with Gasteiger partial charge in [0.1, 0.15) is 6.04 Å². The van der Waals surface area contributed by atoms with E-state index in [9.17, 15) is 18.0 Å². The molecule has 1 aromatic carbocycles. The van der Waals surface area contributed by atoms with Gasteiger partial charge >= 0.3 is 11.9 Å². The lowest BCUT2D eigenvalue weighted by Crippen LogP contribution is -2.41. The van der Waals surface area contributed by atoms with Crippen molar-refractivity contribution >= 4 is 33.6 Å². The number of hydrogen-bond acceptors (Lipinski definition) is 4. The Hall–Kier alpha value is -1.64. The highest BCUT2D eigenvalue weighted by molar-refractivity contribution is 7.89. The number of benzene rings is 1. The Kier molecular flexibility index (Phi) is 5.49. The summed E-state index contributed by atoms with van der Waals surface area (Å²) in [5.41, 5.74) is 0. The molecule has 0 radical (unpaired) electrons. The lowest BCUT2D eigenvalue weighted by atomic mass is 10.2. The summed E-state index contributed by atoms with van der Waals surface area (Å²) in [6, 6.07) is 3.64. The molecule has 0 bridgehead atoms. The first kappa shape index (κ1) is 16.4. The van der Waals surface area contributed by atoms with E-state index in [1.807, 2.05) is 4.72 Å². The Labute approximate surface area is 120 Å². The van der Waals surface area contributed by atoms with Crippen molar-refractivity contribution in [3.63, 3.8) is 0 Å². The van der Waals surface area contributed by atoms with Gasteiger partial charge in [0.25, 0.3) is 0 Å². The van der Waals surface area contributed by atoms with Crippen LogP contribution in [-0.2, 0) is 19.6 Å². The maximum Gasteiger partial charge on any atom is 0.321 e. The van der Waals surface area contributed by atoms with Gasteiger partial charge in [-0.2, -0.15) is 4.72 Å². The topological polar surface area (TPSA) is 121 Å². The number of carbonyl (C=O) groups is 2. The van der Waals surface area contributed by atoms with Crippen LogP contribution in [0.5, 0.6) is 0 Å². The molecule has 0 saturated heterocycles. The fourth-order valence-corrected chi connectivity index (χ4v) is 2.72. The Morgan fingerprint density at radius 3 is 2.20 bits per heavy atom. The van der Waals surface area contributed by atoms with E-state index in [4.69, 9.17) is 21.8 Å². The second-order valence-electron chi connectivity index (χ2n) is 3.90. The zero-order valence-corrected chi connectivity index (χ0v) is 11.7. The number of carboxylic acid groups (broad SMARTS) is 2. The average molecular weight is 322 g/mol. The molecule has 0 amide bonds. The zero-order chi connectivity index (χ0) is 15.3. The maximum absolute atomic E-state index is 11.9. The van der Waals surface area contributed by atoms with E-state index in [0.29, 0.717) is 5.02 Å². The van der Waals surface area contributed by atoms with Crippen molar-refractivity contribution in [2.24, 2.45) is 0 Å². The van der Waals surface area contributed by atoms with Gasteiger partial charge in [-0.15, -0.1) is 0 Å². The first-order valence-electron chi connectivity index (χ1n) is 5.45. The maximum atomic E-state index is 11.9. The van der Waals surface area contributed by atoms with Crippen LogP contribution in [0.25, 0.3) is 0 Å². The van der Waals surface area contributed by atoms with E-state index in [1.165, 1.54) is 24.3 Å². The molecule has 1 aromatic rings. The van der Waals surface area contributed by atoms with Gasteiger partial charge in [0.2, 0.25) is 10.0 Å². The highest BCUT2D eigenvalue weighted by Gasteiger charge is 2.25. The van der Waals surface area contributed by atoms with Gasteiger partial charge in [-0.1, -0.05) is 11.6 Å². The van der Waals surface area contributed by atoms with Gasteiger partial charge in [0.05, 0.1) is 4.90 Å². The third kappa shape index (κ3) is 4.80. The van der Waals surface area contributed by atoms with Crippen LogP contribution in [0.2, 0.25) is 5.02 Å². The SMILES string of the molecule is O=C(O)CC[C@@H](NS(=O)(=O)c1ccc(Cl)cc1)C(=O)O. The van der Waals surface area contributed by atoms with Crippen LogP contribution in [0, 0.1) is 0 Å². The van der Waals surface area contributed by atoms with Gasteiger partial charge < -0.3 is 10.2 Å². The van der Waals surface area contributed by atoms with Crippen molar-refractivity contribution < 1.29 is 28.2 Å². The molecule has 0 heterocycles. The first-order valence-corrected chi connectivity index (χ1v) is 7.31. The van der Waals surface area contributed by atoms with Crippen molar-refractivity contribution in [3.8, 4) is 0 Å². The van der Waals surface area contributed by atoms with Crippen molar-refractivity contribution in [1.82, 2.24) is 4.72 Å². The fraction of sp³-hybridized carbons (Fsp3) is 0.273. The van der Waals surface area contributed by atoms with Crippen molar-refractivity contribution in [2.45, 2.75) is 23.8 Å². The van der Waals surface area contributed by atoms with Crippen LogP contribution in [0.1, 0.15) is 12.8 Å². The number of aliphatic carboxylic acids is 2. The van der Waals surface area contributed by atoms with Crippen LogP contribution in [0.3, 0.4) is 0 Å². The smallest absolute Gasteiger partial charge is 0.321 e. The normalized spacial score (nSPS) is 12.8. The average Bonchev–Trinajstić information content (AvgIpc) is 2.34. The highest BCUT2D eigenvalue weighted by atomic mass is 35.5. The molecule has 110 valence electrons. The van der Waals surface area contributed by atoms with Gasteiger partial charge in [0.15, 0.2) is 0 Å². The molecule has 0 fully saturated rings. The fourth-order valence-electron chi connectivity index (χ4n) is 1.37. The summed E-state index contributed by atoms with van der Waals surface area (Å²) in [6.07, 6.45) is -0.808. The summed E-state index contributed by atoms with van der Waals surface area (Å²) in [6.45, 7) is 0.